The molecule has 23 heteroatoms. The molecule has 0 saturated heterocycles. The highest BCUT2D eigenvalue weighted by Crippen LogP contribution is 2.49. The molecular formula is C70H74O18S5. The predicted octanol–water partition coefficient (Wildman–Crippen LogP) is 16.5. The Bertz CT molecular complexity index is 4560. The summed E-state index contributed by atoms with van der Waals surface area (Å²) in [6, 6.07) is 42.5. The first-order chi connectivity index (χ1) is 43.5. The lowest BCUT2D eigenvalue weighted by molar-refractivity contribution is -0.00963. The van der Waals surface area contributed by atoms with Gasteiger partial charge in [0.1, 0.15) is 55.5 Å². The van der Waals surface area contributed by atoms with E-state index in [-0.39, 0.29) is 56.4 Å². The van der Waals surface area contributed by atoms with E-state index in [0.29, 0.717) is 54.5 Å². The summed E-state index contributed by atoms with van der Waals surface area (Å²) in [5.74, 6) is -0.683. The Balaban J connectivity index is 0.984. The van der Waals surface area contributed by atoms with Crippen molar-refractivity contribution in [2.75, 3.05) is 0 Å². The first kappa shape index (κ1) is 71.1. The van der Waals surface area contributed by atoms with Gasteiger partial charge in [-0.3, -0.25) is 27.8 Å². The van der Waals surface area contributed by atoms with Crippen molar-refractivity contribution in [1.82, 2.24) is 0 Å². The molecular weight excluding hydrogens is 1290 g/mol. The molecule has 0 heterocycles. The van der Waals surface area contributed by atoms with E-state index in [0.717, 1.165) is 46.2 Å². The molecule has 1 atom stereocenters. The Morgan fingerprint density at radius 3 is 1.08 bits per heavy atom. The number of hydrogen-bond donors (Lipinski definition) is 4. The molecule has 93 heavy (non-hydrogen) atoms. The summed E-state index contributed by atoms with van der Waals surface area (Å²) in [4.78, 5) is 27.3. The molecule has 0 spiro atoms. The van der Waals surface area contributed by atoms with Gasteiger partial charge in [0.25, 0.3) is 40.5 Å². The number of ketones is 2. The van der Waals surface area contributed by atoms with E-state index in [4.69, 9.17) is 18.9 Å². The smallest absolute Gasteiger partial charge is 0.298 e. The van der Waals surface area contributed by atoms with Gasteiger partial charge in [-0.1, -0.05) is 109 Å². The number of hydrogen-bond acceptors (Lipinski definition) is 15. The van der Waals surface area contributed by atoms with Crippen LogP contribution in [0, 0.1) is 0 Å². The third kappa shape index (κ3) is 15.9. The second-order valence-electron chi connectivity index (χ2n) is 23.6. The van der Waals surface area contributed by atoms with Crippen LogP contribution in [0.15, 0.2) is 199 Å². The second-order valence-corrected chi connectivity index (χ2v) is 30.3. The van der Waals surface area contributed by atoms with Crippen molar-refractivity contribution >= 4 is 63.8 Å². The van der Waals surface area contributed by atoms with Crippen LogP contribution in [0.4, 0.5) is 0 Å². The number of benzene rings is 8. The second kappa shape index (κ2) is 27.7. The zero-order chi connectivity index (χ0) is 68.3. The van der Waals surface area contributed by atoms with Crippen LogP contribution in [-0.4, -0.2) is 74.7 Å². The maximum atomic E-state index is 14.3. The summed E-state index contributed by atoms with van der Waals surface area (Å²) < 4.78 is 170. The summed E-state index contributed by atoms with van der Waals surface area (Å²) in [6.45, 7) is 19.1. The molecule has 8 aromatic rings. The molecule has 0 aliphatic heterocycles. The molecule has 0 fully saturated rings. The molecule has 4 N–H and O–H groups in total. The van der Waals surface area contributed by atoms with Crippen LogP contribution in [0.1, 0.15) is 151 Å². The maximum absolute atomic E-state index is 14.3. The largest absolute Gasteiger partial charge is 0.488 e. The maximum Gasteiger partial charge on any atom is 0.298 e. The van der Waals surface area contributed by atoms with Crippen LogP contribution in [0.3, 0.4) is 0 Å². The lowest BCUT2D eigenvalue weighted by Crippen LogP contribution is -2.53. The van der Waals surface area contributed by atoms with E-state index in [9.17, 15) is 61.5 Å². The quantitative estimate of drug-likeness (QED) is 0.0262. The van der Waals surface area contributed by atoms with Crippen molar-refractivity contribution in [2.24, 2.45) is 0 Å². The van der Waals surface area contributed by atoms with Crippen molar-refractivity contribution in [3.63, 3.8) is 0 Å². The Kier molecular flexibility index (Phi) is 21.2. The van der Waals surface area contributed by atoms with Crippen LogP contribution >= 0.6 is 11.8 Å². The molecule has 1 unspecified atom stereocenters. The summed E-state index contributed by atoms with van der Waals surface area (Å²) in [5, 5.41) is 0. The molecule has 0 amide bonds. The normalized spacial score (nSPS) is 13.2. The summed E-state index contributed by atoms with van der Waals surface area (Å²) in [7, 11) is -19.9. The molecule has 18 nitrogen and oxygen atoms in total. The van der Waals surface area contributed by atoms with Gasteiger partial charge in [-0.15, -0.1) is 0 Å². The Hall–Kier alpha value is -7.71. The minimum absolute atomic E-state index is 0.153. The van der Waals surface area contributed by atoms with Crippen molar-refractivity contribution in [3.8, 4) is 45.6 Å². The lowest BCUT2D eigenvalue weighted by Gasteiger charge is -2.48. The van der Waals surface area contributed by atoms with Gasteiger partial charge in [-0.05, 0) is 208 Å². The van der Waals surface area contributed by atoms with E-state index >= 15 is 0 Å². The highest BCUT2D eigenvalue weighted by atomic mass is 32.2. The zero-order valence-electron chi connectivity index (χ0n) is 53.0. The molecule has 0 aliphatic carbocycles. The van der Waals surface area contributed by atoms with E-state index < -0.39 is 88.1 Å². The van der Waals surface area contributed by atoms with E-state index in [1.165, 1.54) is 60.3 Å². The lowest BCUT2D eigenvalue weighted by atomic mass is 9.63. The highest BCUT2D eigenvalue weighted by molar-refractivity contribution is 7.99. The monoisotopic (exact) mass is 1360 g/mol. The summed E-state index contributed by atoms with van der Waals surface area (Å²) >= 11 is 1.48. The van der Waals surface area contributed by atoms with E-state index in [2.05, 4.69) is 6.92 Å². The van der Waals surface area contributed by atoms with Gasteiger partial charge in [0, 0.05) is 37.5 Å². The summed E-state index contributed by atoms with van der Waals surface area (Å²) in [5.41, 5.74) is -2.20. The van der Waals surface area contributed by atoms with Gasteiger partial charge in [0.05, 0.1) is 9.79 Å². The number of ether oxygens (including phenoxy) is 4. The predicted molar refractivity (Wildman–Crippen MR) is 355 cm³/mol. The fourth-order valence-corrected chi connectivity index (χ4v) is 15.1. The van der Waals surface area contributed by atoms with Gasteiger partial charge >= 0.3 is 0 Å². The number of carbonyl (C=O) groups is 2. The Labute approximate surface area is 548 Å². The molecule has 0 aliphatic rings. The standard InChI is InChI=1S/C70H74O18S5/c1-11-67(7,8)87-53-31-35-56(36-32-53)89-55-33-29-52(30-34-55)86-60-40-24-50(44-64(60)93(82,83)84)66(72)48-22-38-58(62(42-48)91(76,77)78)70(15-5,16-6)69(10,14-4)88-54-27-19-46(20-28-54)45-17-25-51(26-18-45)85-59-39-23-49(43-63(59)92(79,80)81)65(71)47-21-37-57(68(9,12-2)13-3)61(41-47)90(73,74)75/h17-44H,11-16H2,1-10H3,(H,73,74,75)(H,76,77,78)(H,79,80,81)(H,82,83,84). The van der Waals surface area contributed by atoms with Gasteiger partial charge in [-0.25, -0.2) is 0 Å². The SMILES string of the molecule is CCC(C)(C)Oc1ccc(Sc2ccc(Oc3ccc(C(=O)c4ccc(C(CC)(CC)C(C)(CC)Oc5ccc(-c6ccc(Oc7ccc(C(=O)c8ccc(C(C)(CC)CC)c(S(=O)(=O)O)c8)cc7S(=O)(=O)O)cc6)cc5)c(S(=O)(=O)O)c4)cc3S(=O)(=O)O)cc2)cc1. The minimum atomic E-state index is -5.06. The Morgan fingerprint density at radius 2 is 0.710 bits per heavy atom. The van der Waals surface area contributed by atoms with Crippen LogP contribution in [0.25, 0.3) is 11.1 Å². The fourth-order valence-electron chi connectivity index (χ4n) is 11.3. The molecule has 0 radical (unpaired) electrons. The first-order valence-electron chi connectivity index (χ1n) is 29.9. The van der Waals surface area contributed by atoms with Crippen LogP contribution in [0.5, 0.6) is 34.5 Å². The number of carbonyl (C=O) groups excluding carboxylic acids is 2. The van der Waals surface area contributed by atoms with Crippen LogP contribution < -0.4 is 18.9 Å². The topological polar surface area (TPSA) is 289 Å². The average Bonchev–Trinajstić information content (AvgIpc) is 0.744. The first-order valence-corrected chi connectivity index (χ1v) is 36.5. The third-order valence-electron chi connectivity index (χ3n) is 17.6. The highest BCUT2D eigenvalue weighted by Gasteiger charge is 2.50. The van der Waals surface area contributed by atoms with Gasteiger partial charge in [0.15, 0.2) is 11.6 Å². The molecule has 492 valence electrons. The fraction of sp³-hybridized carbons (Fsp3) is 0.286. The van der Waals surface area contributed by atoms with Crippen molar-refractivity contribution in [2.45, 2.75) is 159 Å². The molecule has 0 aromatic heterocycles. The average molecular weight is 1360 g/mol. The van der Waals surface area contributed by atoms with Crippen molar-refractivity contribution < 1.29 is 80.4 Å². The van der Waals surface area contributed by atoms with Crippen LogP contribution in [-0.2, 0) is 51.3 Å². The Morgan fingerprint density at radius 1 is 0.376 bits per heavy atom. The van der Waals surface area contributed by atoms with Gasteiger partial charge in [0.2, 0.25) is 0 Å². The molecule has 8 aromatic carbocycles. The van der Waals surface area contributed by atoms with Gasteiger partial charge < -0.3 is 18.9 Å². The zero-order valence-corrected chi connectivity index (χ0v) is 57.0. The van der Waals surface area contributed by atoms with E-state index in [1.807, 2.05) is 86.6 Å². The number of rotatable bonds is 28. The van der Waals surface area contributed by atoms with Crippen molar-refractivity contribution in [1.29, 1.82) is 0 Å². The van der Waals surface area contributed by atoms with E-state index in [1.54, 1.807) is 72.8 Å². The molecule has 0 saturated carbocycles. The molecule has 0 bridgehead atoms. The van der Waals surface area contributed by atoms with Crippen molar-refractivity contribution in [3.05, 3.63) is 203 Å². The molecule has 8 rings (SSSR count). The third-order valence-corrected chi connectivity index (χ3v) is 22.2. The van der Waals surface area contributed by atoms with Crippen LogP contribution in [0.2, 0.25) is 0 Å². The van der Waals surface area contributed by atoms with Gasteiger partial charge in [-0.2, -0.15) is 33.7 Å². The summed E-state index contributed by atoms with van der Waals surface area (Å²) in [6.07, 6.45) is 2.81. The minimum Gasteiger partial charge on any atom is -0.488 e.